The van der Waals surface area contributed by atoms with E-state index in [0.717, 1.165) is 16.7 Å². The van der Waals surface area contributed by atoms with Gasteiger partial charge in [-0.1, -0.05) is 32.9 Å². The first-order chi connectivity index (χ1) is 9.40. The van der Waals surface area contributed by atoms with Gasteiger partial charge in [0.25, 0.3) is 0 Å². The van der Waals surface area contributed by atoms with Crippen LogP contribution in [0.15, 0.2) is 12.1 Å². The molecule has 1 unspecified atom stereocenters. The SMILES string of the molecule is Cc1cc(C(C)(C)C)cc(C)c1CC(O)CCC(F)(F)F. The highest BCUT2D eigenvalue weighted by molar-refractivity contribution is 5.40. The minimum atomic E-state index is -4.21. The smallest absolute Gasteiger partial charge is 0.389 e. The highest BCUT2D eigenvalue weighted by Crippen LogP contribution is 2.28. The fraction of sp³-hybridized carbons (Fsp3) is 0.647. The summed E-state index contributed by atoms with van der Waals surface area (Å²) in [6, 6.07) is 4.14. The Labute approximate surface area is 125 Å². The lowest BCUT2D eigenvalue weighted by Gasteiger charge is -2.23. The molecule has 1 atom stereocenters. The van der Waals surface area contributed by atoms with Crippen molar-refractivity contribution in [3.8, 4) is 0 Å². The molecule has 1 aromatic carbocycles. The number of halogens is 3. The van der Waals surface area contributed by atoms with E-state index >= 15 is 0 Å². The number of aliphatic hydroxyl groups is 1. The molecule has 1 rings (SSSR count). The third-order valence-corrected chi connectivity index (χ3v) is 3.76. The lowest BCUT2D eigenvalue weighted by atomic mass is 9.83. The van der Waals surface area contributed by atoms with E-state index < -0.39 is 18.7 Å². The molecule has 1 aromatic rings. The summed E-state index contributed by atoms with van der Waals surface area (Å²) in [7, 11) is 0. The number of benzene rings is 1. The van der Waals surface area contributed by atoms with Crippen LogP contribution in [0.4, 0.5) is 13.2 Å². The second kappa shape index (κ2) is 6.39. The molecule has 0 amide bonds. The molecule has 21 heavy (non-hydrogen) atoms. The zero-order valence-electron chi connectivity index (χ0n) is 13.4. The zero-order valence-corrected chi connectivity index (χ0v) is 13.4. The number of alkyl halides is 3. The maximum atomic E-state index is 12.2. The molecule has 1 nitrogen and oxygen atoms in total. The fourth-order valence-electron chi connectivity index (χ4n) is 2.42. The van der Waals surface area contributed by atoms with Gasteiger partial charge in [-0.05, 0) is 54.4 Å². The van der Waals surface area contributed by atoms with Gasteiger partial charge in [0.2, 0.25) is 0 Å². The number of hydrogen-bond donors (Lipinski definition) is 1. The highest BCUT2D eigenvalue weighted by atomic mass is 19.4. The van der Waals surface area contributed by atoms with Crippen LogP contribution >= 0.6 is 0 Å². The third kappa shape index (κ3) is 5.70. The Morgan fingerprint density at radius 1 is 1.05 bits per heavy atom. The second-order valence-corrected chi connectivity index (χ2v) is 6.85. The van der Waals surface area contributed by atoms with Crippen molar-refractivity contribution in [3.63, 3.8) is 0 Å². The average molecular weight is 302 g/mol. The van der Waals surface area contributed by atoms with E-state index in [-0.39, 0.29) is 18.3 Å². The lowest BCUT2D eigenvalue weighted by Crippen LogP contribution is -2.18. The number of hydrogen-bond acceptors (Lipinski definition) is 1. The van der Waals surface area contributed by atoms with Crippen LogP contribution in [0.1, 0.15) is 55.9 Å². The maximum absolute atomic E-state index is 12.2. The molecule has 0 saturated carbocycles. The van der Waals surface area contributed by atoms with Crippen molar-refractivity contribution in [2.45, 2.75) is 71.6 Å². The number of rotatable bonds is 4. The summed E-state index contributed by atoms with van der Waals surface area (Å²) >= 11 is 0. The van der Waals surface area contributed by atoms with Crippen molar-refractivity contribution in [2.75, 3.05) is 0 Å². The van der Waals surface area contributed by atoms with Gasteiger partial charge in [0.1, 0.15) is 0 Å². The van der Waals surface area contributed by atoms with Crippen molar-refractivity contribution in [1.29, 1.82) is 0 Å². The molecule has 0 heterocycles. The predicted molar refractivity (Wildman–Crippen MR) is 79.6 cm³/mol. The van der Waals surface area contributed by atoms with Crippen LogP contribution in [0.3, 0.4) is 0 Å². The summed E-state index contributed by atoms with van der Waals surface area (Å²) in [5.41, 5.74) is 4.25. The van der Waals surface area contributed by atoms with Crippen molar-refractivity contribution < 1.29 is 18.3 Å². The van der Waals surface area contributed by atoms with Crippen molar-refractivity contribution in [1.82, 2.24) is 0 Å². The van der Waals surface area contributed by atoms with E-state index in [2.05, 4.69) is 32.9 Å². The van der Waals surface area contributed by atoms with E-state index in [9.17, 15) is 18.3 Å². The summed E-state index contributed by atoms with van der Waals surface area (Å²) in [5, 5.41) is 9.84. The molecule has 120 valence electrons. The first kappa shape index (κ1) is 18.0. The first-order valence-corrected chi connectivity index (χ1v) is 7.25. The van der Waals surface area contributed by atoms with Crippen molar-refractivity contribution in [3.05, 3.63) is 34.4 Å². The molecule has 0 radical (unpaired) electrons. The van der Waals surface area contributed by atoms with Gasteiger partial charge < -0.3 is 5.11 Å². The van der Waals surface area contributed by atoms with Crippen LogP contribution in [-0.2, 0) is 11.8 Å². The molecule has 0 aliphatic rings. The summed E-state index contributed by atoms with van der Waals surface area (Å²) in [6.07, 6.45) is -6.07. The van der Waals surface area contributed by atoms with Crippen LogP contribution < -0.4 is 0 Å². The molecule has 0 bridgehead atoms. The van der Waals surface area contributed by atoms with Gasteiger partial charge in [-0.15, -0.1) is 0 Å². The summed E-state index contributed by atoms with van der Waals surface area (Å²) < 4.78 is 36.6. The van der Waals surface area contributed by atoms with Gasteiger partial charge in [-0.2, -0.15) is 13.2 Å². The van der Waals surface area contributed by atoms with Crippen LogP contribution in [0.5, 0.6) is 0 Å². The minimum absolute atomic E-state index is 0.0307. The molecular weight excluding hydrogens is 277 g/mol. The van der Waals surface area contributed by atoms with E-state index in [1.807, 2.05) is 13.8 Å². The zero-order chi connectivity index (χ0) is 16.4. The van der Waals surface area contributed by atoms with E-state index in [1.54, 1.807) is 0 Å². The Bertz CT molecular complexity index is 461. The maximum Gasteiger partial charge on any atom is 0.389 e. The van der Waals surface area contributed by atoms with Crippen molar-refractivity contribution >= 4 is 0 Å². The number of aliphatic hydroxyl groups excluding tert-OH is 1. The quantitative estimate of drug-likeness (QED) is 0.843. The van der Waals surface area contributed by atoms with Gasteiger partial charge in [0, 0.05) is 6.42 Å². The lowest BCUT2D eigenvalue weighted by molar-refractivity contribution is -0.139. The average Bonchev–Trinajstić information content (AvgIpc) is 2.29. The Morgan fingerprint density at radius 3 is 1.90 bits per heavy atom. The Morgan fingerprint density at radius 2 is 1.52 bits per heavy atom. The largest absolute Gasteiger partial charge is 0.393 e. The topological polar surface area (TPSA) is 20.2 Å². The van der Waals surface area contributed by atoms with Gasteiger partial charge in [-0.3, -0.25) is 0 Å². The van der Waals surface area contributed by atoms with Gasteiger partial charge >= 0.3 is 6.18 Å². The number of aryl methyl sites for hydroxylation is 2. The van der Waals surface area contributed by atoms with E-state index in [0.29, 0.717) is 0 Å². The summed E-state index contributed by atoms with van der Waals surface area (Å²) in [4.78, 5) is 0. The van der Waals surface area contributed by atoms with Crippen LogP contribution in [0, 0.1) is 13.8 Å². The Hall–Kier alpha value is -1.03. The van der Waals surface area contributed by atoms with Crippen LogP contribution in [0.25, 0.3) is 0 Å². The molecule has 4 heteroatoms. The summed E-state index contributed by atoms with van der Waals surface area (Å²) in [6.45, 7) is 10.3. The molecule has 0 aliphatic heterocycles. The van der Waals surface area contributed by atoms with Crippen LogP contribution in [0.2, 0.25) is 0 Å². The standard InChI is InChI=1S/C17H25F3O/c1-11-8-13(16(3,4)5)9-12(2)15(11)10-14(21)6-7-17(18,19)20/h8-9,14,21H,6-7,10H2,1-5H3. The molecule has 0 fully saturated rings. The monoisotopic (exact) mass is 302 g/mol. The minimum Gasteiger partial charge on any atom is -0.393 e. The Balaban J connectivity index is 2.85. The van der Waals surface area contributed by atoms with Crippen molar-refractivity contribution in [2.24, 2.45) is 0 Å². The summed E-state index contributed by atoms with van der Waals surface area (Å²) in [5.74, 6) is 0. The second-order valence-electron chi connectivity index (χ2n) is 6.85. The van der Waals surface area contributed by atoms with Gasteiger partial charge in [0.05, 0.1) is 6.10 Å². The Kier molecular flexibility index (Phi) is 5.48. The molecule has 1 N–H and O–H groups in total. The molecule has 0 aromatic heterocycles. The molecule has 0 saturated heterocycles. The van der Waals surface area contributed by atoms with Gasteiger partial charge in [0.15, 0.2) is 0 Å². The first-order valence-electron chi connectivity index (χ1n) is 7.25. The van der Waals surface area contributed by atoms with Gasteiger partial charge in [-0.25, -0.2) is 0 Å². The highest BCUT2D eigenvalue weighted by Gasteiger charge is 2.28. The van der Waals surface area contributed by atoms with E-state index in [4.69, 9.17) is 0 Å². The normalized spacial score (nSPS) is 14.3. The molecular formula is C17H25F3O. The molecule has 0 spiro atoms. The van der Waals surface area contributed by atoms with E-state index in [1.165, 1.54) is 5.56 Å². The predicted octanol–water partition coefficient (Wildman–Crippen LogP) is 4.85. The van der Waals surface area contributed by atoms with Crippen LogP contribution in [-0.4, -0.2) is 17.4 Å². The molecule has 0 aliphatic carbocycles. The fourth-order valence-corrected chi connectivity index (χ4v) is 2.42. The third-order valence-electron chi connectivity index (χ3n) is 3.76.